The van der Waals surface area contributed by atoms with Gasteiger partial charge in [-0.25, -0.2) is 9.78 Å². The van der Waals surface area contributed by atoms with Crippen molar-refractivity contribution in [3.8, 4) is 17.0 Å². The van der Waals surface area contributed by atoms with Crippen LogP contribution in [0.4, 0.5) is 0 Å². The summed E-state index contributed by atoms with van der Waals surface area (Å²) in [4.78, 5) is 38.5. The first kappa shape index (κ1) is 40.8. The number of pyridine rings is 2. The molecule has 0 unspecified atom stereocenters. The van der Waals surface area contributed by atoms with E-state index in [2.05, 4.69) is 66.7 Å². The standard InChI is InChI=1S/C49H67N5O5/c1-48-21-17-37(55)30-35(48)11-12-38-40-13-15-44(49(40,2)22-18-41(38)48)58-25-7-5-6-24-53-43-32-50-42-14-9-33(34-10-16-45(51-31-34)59-26-8-23-52(3)4)29-39(42)46(43)54(47(53)56)36-19-27-57-28-20-36/h9-10,14,16,29,31-32,35-36,38,40-41,44H,5-8,11-13,15,17-28,30H2,1-4H3/t35-,38-,40-,41-,44-,48-,49-/m0/s1. The largest absolute Gasteiger partial charge is 0.478 e. The number of fused-ring (bicyclic) bond motifs is 8. The lowest BCUT2D eigenvalue weighted by Crippen LogP contribution is -2.54. The third-order valence-electron chi connectivity index (χ3n) is 16.2. The second kappa shape index (κ2) is 17.0. The fourth-order valence-corrected chi connectivity index (χ4v) is 12.9. The van der Waals surface area contributed by atoms with E-state index in [1.54, 1.807) is 0 Å². The number of benzene rings is 1. The molecule has 3 aromatic heterocycles. The summed E-state index contributed by atoms with van der Waals surface area (Å²) in [5.74, 6) is 4.07. The first-order chi connectivity index (χ1) is 28.6. The Morgan fingerprint density at radius 1 is 0.831 bits per heavy atom. The normalized spacial score (nSPS) is 29.8. The molecular weight excluding hydrogens is 739 g/mol. The number of imidazole rings is 1. The smallest absolute Gasteiger partial charge is 0.329 e. The van der Waals surface area contributed by atoms with Gasteiger partial charge in [-0.1, -0.05) is 19.9 Å². The molecule has 1 saturated heterocycles. The summed E-state index contributed by atoms with van der Waals surface area (Å²) in [6.07, 6.45) is 20.0. The van der Waals surface area contributed by atoms with Crippen LogP contribution in [0.5, 0.6) is 5.88 Å². The molecule has 1 aromatic carbocycles. The van der Waals surface area contributed by atoms with Gasteiger partial charge in [-0.3, -0.25) is 18.9 Å². The SMILES string of the molecule is CN(C)CCCOc1ccc(-c2ccc3ncc4c(c3c2)n(C2CCOCC2)c(=O)n4CCCCCO[C@H]2CC[C@H]3[C@@H]4CC[C@H]5CC(=O)CC[C@]5(C)[C@H]4CC[C@]23C)cn1. The number of nitrogens with zero attached hydrogens (tertiary/aromatic N) is 5. The number of carbonyl (C=O) groups excluding carboxylic acids is 1. The predicted octanol–water partition coefficient (Wildman–Crippen LogP) is 9.26. The van der Waals surface area contributed by atoms with E-state index in [1.807, 2.05) is 23.0 Å². The van der Waals surface area contributed by atoms with Crippen molar-refractivity contribution < 1.29 is 19.0 Å². The lowest BCUT2D eigenvalue weighted by molar-refractivity contribution is -0.145. The number of aromatic nitrogens is 4. The molecule has 0 bridgehead atoms. The summed E-state index contributed by atoms with van der Waals surface area (Å²) in [5.41, 5.74) is 5.49. The topological polar surface area (TPSA) is 101 Å². The molecule has 318 valence electrons. The summed E-state index contributed by atoms with van der Waals surface area (Å²) < 4.78 is 22.5. The van der Waals surface area contributed by atoms with Gasteiger partial charge in [0.25, 0.3) is 0 Å². The quantitative estimate of drug-likeness (QED) is 0.116. The highest BCUT2D eigenvalue weighted by Gasteiger charge is 2.60. The maximum absolute atomic E-state index is 14.4. The molecule has 7 atom stereocenters. The van der Waals surface area contributed by atoms with Crippen LogP contribution in [0.1, 0.15) is 116 Å². The number of aryl methyl sites for hydroxylation is 1. The monoisotopic (exact) mass is 806 g/mol. The Labute approximate surface area is 350 Å². The molecule has 10 nitrogen and oxygen atoms in total. The maximum atomic E-state index is 14.4. The van der Waals surface area contributed by atoms with Crippen molar-refractivity contribution in [2.24, 2.45) is 34.5 Å². The van der Waals surface area contributed by atoms with Crippen LogP contribution >= 0.6 is 0 Å². The molecule has 9 rings (SSSR count). The van der Waals surface area contributed by atoms with E-state index in [0.717, 1.165) is 122 Å². The predicted molar refractivity (Wildman–Crippen MR) is 233 cm³/mol. The Bertz CT molecular complexity index is 2170. The minimum Gasteiger partial charge on any atom is -0.478 e. The molecule has 0 amide bonds. The fraction of sp³-hybridized carbons (Fsp3) is 0.673. The number of ether oxygens (including phenoxy) is 3. The van der Waals surface area contributed by atoms with Crippen LogP contribution in [-0.2, 0) is 20.8 Å². The molecule has 5 fully saturated rings. The third kappa shape index (κ3) is 7.80. The number of hydrogen-bond acceptors (Lipinski definition) is 8. The Morgan fingerprint density at radius 3 is 2.47 bits per heavy atom. The van der Waals surface area contributed by atoms with Crippen LogP contribution in [0, 0.1) is 34.5 Å². The average Bonchev–Trinajstić information content (AvgIpc) is 3.73. The van der Waals surface area contributed by atoms with E-state index in [9.17, 15) is 9.59 Å². The Kier molecular flexibility index (Phi) is 11.8. The minimum atomic E-state index is 0.0588. The number of ketones is 1. The maximum Gasteiger partial charge on any atom is 0.329 e. The van der Waals surface area contributed by atoms with E-state index in [4.69, 9.17) is 19.2 Å². The number of carbonyl (C=O) groups is 1. The van der Waals surface area contributed by atoms with Crippen molar-refractivity contribution >= 4 is 27.7 Å². The highest BCUT2D eigenvalue weighted by Crippen LogP contribution is 2.66. The van der Waals surface area contributed by atoms with Crippen LogP contribution in [0.3, 0.4) is 0 Å². The molecule has 5 aliphatic rings. The van der Waals surface area contributed by atoms with Gasteiger partial charge < -0.3 is 19.1 Å². The number of hydrogen-bond donors (Lipinski definition) is 0. The molecular formula is C49H67N5O5. The zero-order valence-corrected chi connectivity index (χ0v) is 36.1. The van der Waals surface area contributed by atoms with E-state index in [1.165, 1.54) is 38.5 Å². The molecule has 0 N–H and O–H groups in total. The molecule has 59 heavy (non-hydrogen) atoms. The molecule has 1 aliphatic heterocycles. The number of Topliss-reactive ketones (excluding diaryl/α,β-unsaturated/α-hetero) is 1. The van der Waals surface area contributed by atoms with E-state index >= 15 is 0 Å². The van der Waals surface area contributed by atoms with Gasteiger partial charge in [0.1, 0.15) is 5.78 Å². The van der Waals surface area contributed by atoms with Crippen LogP contribution in [0.2, 0.25) is 0 Å². The van der Waals surface area contributed by atoms with Gasteiger partial charge in [0.05, 0.1) is 35.5 Å². The van der Waals surface area contributed by atoms with Gasteiger partial charge in [0.2, 0.25) is 5.88 Å². The summed E-state index contributed by atoms with van der Waals surface area (Å²) in [6, 6.07) is 10.4. The second-order valence-electron chi connectivity index (χ2n) is 19.7. The molecule has 4 heterocycles. The van der Waals surface area contributed by atoms with Crippen molar-refractivity contribution in [2.45, 2.75) is 129 Å². The summed E-state index contributed by atoms with van der Waals surface area (Å²) in [6.45, 7) is 9.47. The number of unbranched alkanes of at least 4 members (excludes halogenated alkanes) is 2. The molecule has 4 aliphatic carbocycles. The second-order valence-corrected chi connectivity index (χ2v) is 19.7. The Morgan fingerprint density at radius 2 is 1.66 bits per heavy atom. The van der Waals surface area contributed by atoms with Crippen LogP contribution in [0.15, 0.2) is 47.5 Å². The van der Waals surface area contributed by atoms with Gasteiger partial charge in [-0.2, -0.15) is 0 Å². The van der Waals surface area contributed by atoms with Gasteiger partial charge in [0, 0.05) is 75.0 Å². The average molecular weight is 806 g/mol. The summed E-state index contributed by atoms with van der Waals surface area (Å²) in [5, 5.41) is 0.994. The summed E-state index contributed by atoms with van der Waals surface area (Å²) >= 11 is 0. The fourth-order valence-electron chi connectivity index (χ4n) is 12.9. The Hall–Kier alpha value is -3.60. The zero-order valence-electron chi connectivity index (χ0n) is 36.1. The minimum absolute atomic E-state index is 0.0588. The first-order valence-electron chi connectivity index (χ1n) is 23.1. The van der Waals surface area contributed by atoms with Crippen molar-refractivity contribution in [1.82, 2.24) is 24.0 Å². The van der Waals surface area contributed by atoms with E-state index in [-0.39, 0.29) is 17.1 Å². The van der Waals surface area contributed by atoms with Gasteiger partial charge >= 0.3 is 5.69 Å². The van der Waals surface area contributed by atoms with E-state index in [0.29, 0.717) is 55.5 Å². The number of rotatable bonds is 14. The van der Waals surface area contributed by atoms with Gasteiger partial charge in [0.15, 0.2) is 0 Å². The molecule has 0 radical (unpaired) electrons. The first-order valence-corrected chi connectivity index (χ1v) is 23.1. The highest BCUT2D eigenvalue weighted by atomic mass is 16.5. The molecule has 4 aromatic rings. The van der Waals surface area contributed by atoms with Gasteiger partial charge in [-0.15, -0.1) is 0 Å². The lowest BCUT2D eigenvalue weighted by Gasteiger charge is -2.60. The van der Waals surface area contributed by atoms with Crippen molar-refractivity contribution in [1.29, 1.82) is 0 Å². The molecule has 4 saturated carbocycles. The lowest BCUT2D eigenvalue weighted by atomic mass is 9.45. The van der Waals surface area contributed by atoms with Gasteiger partial charge in [-0.05, 0) is 156 Å². The van der Waals surface area contributed by atoms with Crippen molar-refractivity contribution in [3.05, 3.63) is 53.2 Å². The summed E-state index contributed by atoms with van der Waals surface area (Å²) in [7, 11) is 4.13. The molecule has 10 heteroatoms. The molecule has 0 spiro atoms. The Balaban J connectivity index is 0.859. The van der Waals surface area contributed by atoms with Crippen LogP contribution in [-0.4, -0.2) is 83.0 Å². The van der Waals surface area contributed by atoms with Crippen molar-refractivity contribution in [2.75, 3.05) is 47.1 Å². The highest BCUT2D eigenvalue weighted by molar-refractivity contribution is 6.04. The van der Waals surface area contributed by atoms with Crippen LogP contribution < -0.4 is 10.4 Å². The van der Waals surface area contributed by atoms with Crippen LogP contribution in [0.25, 0.3) is 33.1 Å². The van der Waals surface area contributed by atoms with E-state index < -0.39 is 0 Å². The zero-order chi connectivity index (χ0) is 40.7. The van der Waals surface area contributed by atoms with Crippen molar-refractivity contribution in [3.63, 3.8) is 0 Å². The third-order valence-corrected chi connectivity index (χ3v) is 16.2.